The fourth-order valence-corrected chi connectivity index (χ4v) is 5.62. The van der Waals surface area contributed by atoms with Crippen LogP contribution in [0.15, 0.2) is 94.1 Å². The van der Waals surface area contributed by atoms with E-state index in [2.05, 4.69) is 170 Å². The Morgan fingerprint density at radius 2 is 0.761 bits per heavy atom. The van der Waals surface area contributed by atoms with Crippen LogP contribution in [0.4, 0.5) is 0 Å². The molecule has 46 heavy (non-hydrogen) atoms. The maximum atomic E-state index is 3.44. The number of fused-ring (bicyclic) bond motifs is 2. The third-order valence-electron chi connectivity index (χ3n) is 9.63. The minimum atomic E-state index is 0. The molecule has 0 unspecified atom stereocenters. The molecular weight excluding hydrogens is 758 g/mol. The van der Waals surface area contributed by atoms with Crippen LogP contribution in [0, 0.1) is 50.7 Å². The van der Waals surface area contributed by atoms with E-state index < -0.39 is 0 Å². The van der Waals surface area contributed by atoms with Crippen LogP contribution in [0.5, 0.6) is 0 Å². The van der Waals surface area contributed by atoms with Gasteiger partial charge >= 0.3 is 52.4 Å². The second-order valence-electron chi connectivity index (χ2n) is 13.4. The Morgan fingerprint density at radius 1 is 0.478 bits per heavy atom. The van der Waals surface area contributed by atoms with E-state index in [0.717, 1.165) is 0 Å². The van der Waals surface area contributed by atoms with Crippen LogP contribution in [0.3, 0.4) is 0 Å². The molecule has 0 atom stereocenters. The summed E-state index contributed by atoms with van der Waals surface area (Å²) in [6.45, 7) is 30.5. The third-order valence-corrected chi connectivity index (χ3v) is 9.63. The van der Waals surface area contributed by atoms with Gasteiger partial charge in [0.05, 0.1) is 0 Å². The molecule has 0 saturated heterocycles. The van der Waals surface area contributed by atoms with Crippen LogP contribution in [-0.4, -0.2) is 0 Å². The molecule has 0 bridgehead atoms. The molecule has 4 aromatic carbocycles. The topological polar surface area (TPSA) is 0 Å². The molecule has 244 valence electrons. The van der Waals surface area contributed by atoms with Crippen LogP contribution >= 0.6 is 0 Å². The SMILES string of the molecule is CC1=[C-]C(C)(C)C(C)=C1C.CC1=[C-]C(C)(C)C(C)=C1C.Cc1cc2cc[cH-]c2cc1C.Cc1cc2cc[cH-]c2cc1C.[Cl-].[Cl-].[Zr+2].[Zr+2]. The normalized spacial score (nSPS) is 15.3. The van der Waals surface area contributed by atoms with E-state index in [4.69, 9.17) is 0 Å². The molecule has 4 aromatic rings. The fraction of sp³-hybridized carbons (Fsp3) is 0.381. The summed E-state index contributed by atoms with van der Waals surface area (Å²) in [6.07, 6.45) is 6.87. The first-order chi connectivity index (χ1) is 19.4. The minimum Gasteiger partial charge on any atom is -1.00 e. The van der Waals surface area contributed by atoms with Gasteiger partial charge in [-0.3, -0.25) is 12.2 Å². The van der Waals surface area contributed by atoms with Gasteiger partial charge < -0.3 is 24.8 Å². The predicted molar refractivity (Wildman–Crippen MR) is 187 cm³/mol. The molecule has 0 aromatic heterocycles. The maximum Gasteiger partial charge on any atom is 2.00 e. The van der Waals surface area contributed by atoms with Crippen LogP contribution in [0.1, 0.15) is 91.5 Å². The second-order valence-corrected chi connectivity index (χ2v) is 13.4. The molecule has 0 fully saturated rings. The van der Waals surface area contributed by atoms with E-state index in [1.165, 1.54) is 77.2 Å². The molecule has 0 saturated carbocycles. The van der Waals surface area contributed by atoms with Crippen molar-refractivity contribution in [1.29, 1.82) is 0 Å². The Labute approximate surface area is 332 Å². The second kappa shape index (κ2) is 19.2. The zero-order chi connectivity index (χ0) is 31.6. The molecule has 0 aliphatic heterocycles. The van der Waals surface area contributed by atoms with E-state index in [0.29, 0.717) is 0 Å². The van der Waals surface area contributed by atoms with Gasteiger partial charge in [-0.15, -0.1) is 71.8 Å². The molecular formula is C42H52Cl2Zr2-2. The number of halogens is 2. The van der Waals surface area contributed by atoms with Gasteiger partial charge in [-0.2, -0.15) is 46.6 Å². The molecule has 4 heteroatoms. The Balaban J connectivity index is 0. The van der Waals surface area contributed by atoms with Crippen molar-refractivity contribution in [1.82, 2.24) is 0 Å². The van der Waals surface area contributed by atoms with Crippen molar-refractivity contribution in [2.45, 2.75) is 96.9 Å². The van der Waals surface area contributed by atoms with Crippen LogP contribution in [0.2, 0.25) is 0 Å². The Kier molecular flexibility index (Phi) is 19.7. The van der Waals surface area contributed by atoms with Crippen molar-refractivity contribution >= 4 is 21.5 Å². The van der Waals surface area contributed by atoms with Gasteiger partial charge in [0.1, 0.15) is 0 Å². The van der Waals surface area contributed by atoms with Crippen molar-refractivity contribution in [3.8, 4) is 0 Å². The number of aryl methyl sites for hydroxylation is 4. The number of hydrogen-bond donors (Lipinski definition) is 0. The van der Waals surface area contributed by atoms with Crippen LogP contribution in [0.25, 0.3) is 21.5 Å². The van der Waals surface area contributed by atoms with Gasteiger partial charge in [-0.25, -0.2) is 11.1 Å². The van der Waals surface area contributed by atoms with Gasteiger partial charge in [0.15, 0.2) is 0 Å². The standard InChI is InChI=1S/2C11H11.2C10H15.2ClH.2Zr/c2*1-8-6-10-4-3-5-11(10)7-9(8)2;2*1-7-6-10(4,5)9(3)8(7)2;;;;/h2*3-7H,1-2H3;2*1-5H3;2*1H;;/q4*-1;;;2*+2/p-2. The van der Waals surface area contributed by atoms with E-state index in [1.807, 2.05) is 0 Å². The Morgan fingerprint density at radius 3 is 0.978 bits per heavy atom. The number of rotatable bonds is 0. The first kappa shape index (κ1) is 47.1. The smallest absolute Gasteiger partial charge is 1.00 e. The van der Waals surface area contributed by atoms with E-state index in [9.17, 15) is 0 Å². The number of benzene rings is 2. The molecule has 0 radical (unpaired) electrons. The summed E-state index contributed by atoms with van der Waals surface area (Å²) in [5, 5.41) is 5.42. The number of allylic oxidation sites excluding steroid dienone is 8. The largest absolute Gasteiger partial charge is 2.00 e. The molecule has 0 nitrogen and oxygen atoms in total. The van der Waals surface area contributed by atoms with Gasteiger partial charge in [0, 0.05) is 0 Å². The molecule has 6 rings (SSSR count). The first-order valence-electron chi connectivity index (χ1n) is 15.3. The summed E-state index contributed by atoms with van der Waals surface area (Å²) in [7, 11) is 0. The molecule has 2 aliphatic rings. The van der Waals surface area contributed by atoms with Crippen molar-refractivity contribution in [2.75, 3.05) is 0 Å². The average Bonchev–Trinajstić information content (AvgIpc) is 3.63. The van der Waals surface area contributed by atoms with Gasteiger partial charge in [-0.05, 0) is 27.7 Å². The van der Waals surface area contributed by atoms with Crippen LogP contribution in [-0.2, 0) is 52.4 Å². The van der Waals surface area contributed by atoms with E-state index >= 15 is 0 Å². The summed E-state index contributed by atoms with van der Waals surface area (Å²) >= 11 is 0. The molecule has 0 amide bonds. The van der Waals surface area contributed by atoms with E-state index in [1.54, 1.807) is 0 Å². The Bertz CT molecular complexity index is 1510. The summed E-state index contributed by atoms with van der Waals surface area (Å²) in [4.78, 5) is 0. The first-order valence-corrected chi connectivity index (χ1v) is 15.3. The summed E-state index contributed by atoms with van der Waals surface area (Å²) < 4.78 is 0. The minimum absolute atomic E-state index is 0. The van der Waals surface area contributed by atoms with Crippen molar-refractivity contribution in [2.24, 2.45) is 10.8 Å². The maximum absolute atomic E-state index is 3.44. The Hall–Kier alpha value is -1.03. The molecule has 0 heterocycles. The van der Waals surface area contributed by atoms with Gasteiger partial charge in [-0.1, -0.05) is 88.5 Å². The monoisotopic (exact) mass is 806 g/mol. The summed E-state index contributed by atoms with van der Waals surface area (Å²) in [5.74, 6) is 0. The zero-order valence-electron chi connectivity index (χ0n) is 30.5. The summed E-state index contributed by atoms with van der Waals surface area (Å²) in [6, 6.07) is 21.8. The van der Waals surface area contributed by atoms with Crippen LogP contribution < -0.4 is 24.8 Å². The molecule has 0 N–H and O–H groups in total. The number of hydrogen-bond acceptors (Lipinski definition) is 0. The van der Waals surface area contributed by atoms with Crippen molar-refractivity contribution < 1.29 is 77.2 Å². The molecule has 0 spiro atoms. The summed E-state index contributed by atoms with van der Waals surface area (Å²) in [5.41, 5.74) is 14.3. The quantitative estimate of drug-likeness (QED) is 0.176. The zero-order valence-corrected chi connectivity index (χ0v) is 37.0. The van der Waals surface area contributed by atoms with E-state index in [-0.39, 0.29) is 88.1 Å². The molecule has 2 aliphatic carbocycles. The van der Waals surface area contributed by atoms with Crippen molar-refractivity contribution in [3.05, 3.63) is 129 Å². The third kappa shape index (κ3) is 11.5. The fourth-order valence-electron chi connectivity index (χ4n) is 5.62. The average molecular weight is 810 g/mol. The van der Waals surface area contributed by atoms with Crippen molar-refractivity contribution in [3.63, 3.8) is 0 Å². The van der Waals surface area contributed by atoms with Gasteiger partial charge in [0.2, 0.25) is 0 Å². The van der Waals surface area contributed by atoms with Gasteiger partial charge in [0.25, 0.3) is 0 Å². The predicted octanol–water partition coefficient (Wildman–Crippen LogP) is 6.58.